The van der Waals surface area contributed by atoms with E-state index in [1.807, 2.05) is 54.6 Å². The normalized spacial score (nSPS) is 11.9. The van der Waals surface area contributed by atoms with E-state index in [4.69, 9.17) is 5.73 Å². The quantitative estimate of drug-likeness (QED) is 0.509. The summed E-state index contributed by atoms with van der Waals surface area (Å²) in [6, 6.07) is 16.9. The number of rotatable bonds is 3. The summed E-state index contributed by atoms with van der Waals surface area (Å²) in [4.78, 5) is 12.7. The number of benzene rings is 2. The predicted octanol–water partition coefficient (Wildman–Crippen LogP) is 3.39. The summed E-state index contributed by atoms with van der Waals surface area (Å²) in [5.74, 6) is -0.0479. The van der Waals surface area contributed by atoms with E-state index >= 15 is 0 Å². The third-order valence-electron chi connectivity index (χ3n) is 2.86. The number of hydrogen-bond donors (Lipinski definition) is 2. The Labute approximate surface area is 118 Å². The summed E-state index contributed by atoms with van der Waals surface area (Å²) in [7, 11) is 0. The van der Waals surface area contributed by atoms with Gasteiger partial charge in [0.15, 0.2) is 5.78 Å². The largest absolute Gasteiger partial charge is 0.398 e. The molecule has 0 saturated carbocycles. The van der Waals surface area contributed by atoms with Gasteiger partial charge in [0, 0.05) is 10.5 Å². The lowest BCUT2D eigenvalue weighted by Gasteiger charge is -2.10. The molecule has 3 heteroatoms. The van der Waals surface area contributed by atoms with Crippen LogP contribution in [0.4, 0.5) is 0 Å². The maximum Gasteiger partial charge on any atom is 0.162 e. The average Bonchev–Trinajstić information content (AvgIpc) is 2.42. The van der Waals surface area contributed by atoms with E-state index in [1.54, 1.807) is 0 Å². The lowest BCUT2D eigenvalue weighted by molar-refractivity contribution is -0.111. The molecule has 0 saturated heterocycles. The molecular weight excluding hydrogens is 254 g/mol. The van der Waals surface area contributed by atoms with Crippen molar-refractivity contribution in [3.05, 3.63) is 65.7 Å². The second-order valence-electron chi connectivity index (χ2n) is 4.26. The Hall–Kier alpha value is -2.00. The second-order valence-corrected chi connectivity index (χ2v) is 4.77. The molecule has 0 bridgehead atoms. The molecule has 0 aliphatic rings. The van der Waals surface area contributed by atoms with Gasteiger partial charge in [0.2, 0.25) is 0 Å². The Kier molecular flexibility index (Phi) is 4.07. The van der Waals surface area contributed by atoms with Crippen LogP contribution in [-0.4, -0.2) is 5.78 Å². The number of carbonyl (C=O) groups excluding carboxylic acids is 1. The first-order valence-electron chi connectivity index (χ1n) is 5.95. The molecule has 19 heavy (non-hydrogen) atoms. The summed E-state index contributed by atoms with van der Waals surface area (Å²) in [6.45, 7) is 1.53. The van der Waals surface area contributed by atoms with Crippen LogP contribution in [0.15, 0.2) is 59.5 Å². The molecule has 0 atom stereocenters. The third kappa shape index (κ3) is 3.06. The van der Waals surface area contributed by atoms with Crippen LogP contribution in [0, 0.1) is 0 Å². The lowest BCUT2D eigenvalue weighted by Crippen LogP contribution is -2.07. The minimum Gasteiger partial charge on any atom is -0.398 e. The molecule has 0 heterocycles. The van der Waals surface area contributed by atoms with Gasteiger partial charge in [-0.15, -0.1) is 12.6 Å². The lowest BCUT2D eigenvalue weighted by atomic mass is 9.97. The number of thiol groups is 1. The first-order valence-corrected chi connectivity index (χ1v) is 6.40. The highest BCUT2D eigenvalue weighted by Gasteiger charge is 2.13. The van der Waals surface area contributed by atoms with Crippen molar-refractivity contribution in [2.75, 3.05) is 0 Å². The Morgan fingerprint density at radius 2 is 1.53 bits per heavy atom. The van der Waals surface area contributed by atoms with E-state index in [0.29, 0.717) is 11.3 Å². The zero-order chi connectivity index (χ0) is 13.8. The highest BCUT2D eigenvalue weighted by atomic mass is 32.1. The van der Waals surface area contributed by atoms with Crippen molar-refractivity contribution in [2.24, 2.45) is 5.73 Å². The molecule has 0 amide bonds. The Bertz CT molecular complexity index is 615. The van der Waals surface area contributed by atoms with Gasteiger partial charge in [0.25, 0.3) is 0 Å². The molecular formula is C16H15NOS. The van der Waals surface area contributed by atoms with E-state index in [-0.39, 0.29) is 5.78 Å². The van der Waals surface area contributed by atoms with Gasteiger partial charge >= 0.3 is 0 Å². The van der Waals surface area contributed by atoms with Crippen molar-refractivity contribution < 1.29 is 4.79 Å². The molecule has 2 rings (SSSR count). The maximum atomic E-state index is 11.9. The van der Waals surface area contributed by atoms with Gasteiger partial charge in [-0.3, -0.25) is 4.79 Å². The molecule has 96 valence electrons. The Balaban J connectivity index is 2.57. The van der Waals surface area contributed by atoms with Crippen molar-refractivity contribution >= 4 is 29.7 Å². The van der Waals surface area contributed by atoms with Crippen molar-refractivity contribution in [3.8, 4) is 0 Å². The van der Waals surface area contributed by atoms with Crippen LogP contribution in [0.3, 0.4) is 0 Å². The zero-order valence-corrected chi connectivity index (χ0v) is 11.5. The molecule has 2 nitrogen and oxygen atoms in total. The monoisotopic (exact) mass is 269 g/mol. The van der Waals surface area contributed by atoms with E-state index in [9.17, 15) is 4.79 Å². The molecule has 0 fully saturated rings. The van der Waals surface area contributed by atoms with Crippen LogP contribution in [0.25, 0.3) is 11.3 Å². The van der Waals surface area contributed by atoms with Crippen molar-refractivity contribution in [1.29, 1.82) is 0 Å². The fourth-order valence-electron chi connectivity index (χ4n) is 1.94. The van der Waals surface area contributed by atoms with Gasteiger partial charge in [0.1, 0.15) is 0 Å². The molecule has 0 aliphatic carbocycles. The molecule has 2 aromatic rings. The van der Waals surface area contributed by atoms with Crippen molar-refractivity contribution in [3.63, 3.8) is 0 Å². The summed E-state index contributed by atoms with van der Waals surface area (Å²) < 4.78 is 0. The van der Waals surface area contributed by atoms with Crippen molar-refractivity contribution in [1.82, 2.24) is 0 Å². The minimum atomic E-state index is -0.0479. The van der Waals surface area contributed by atoms with Crippen molar-refractivity contribution in [2.45, 2.75) is 11.8 Å². The SMILES string of the molecule is CC(=O)C(=C(N)c1ccccc1)c1ccc(S)cc1. The molecule has 0 unspecified atom stereocenters. The van der Waals surface area contributed by atoms with Crippen LogP contribution in [0.5, 0.6) is 0 Å². The summed E-state index contributed by atoms with van der Waals surface area (Å²) >= 11 is 4.24. The summed E-state index contributed by atoms with van der Waals surface area (Å²) in [5, 5.41) is 0. The van der Waals surface area contributed by atoms with Gasteiger partial charge in [-0.1, -0.05) is 42.5 Å². The first-order chi connectivity index (χ1) is 9.09. The highest BCUT2D eigenvalue weighted by molar-refractivity contribution is 7.80. The van der Waals surface area contributed by atoms with Crippen LogP contribution in [0.2, 0.25) is 0 Å². The average molecular weight is 269 g/mol. The van der Waals surface area contributed by atoms with Crippen LogP contribution in [-0.2, 0) is 4.79 Å². The number of carbonyl (C=O) groups is 1. The maximum absolute atomic E-state index is 11.9. The summed E-state index contributed by atoms with van der Waals surface area (Å²) in [5.41, 5.74) is 8.85. The second kappa shape index (κ2) is 5.76. The zero-order valence-electron chi connectivity index (χ0n) is 10.6. The molecule has 0 aromatic heterocycles. The van der Waals surface area contributed by atoms with Gasteiger partial charge < -0.3 is 5.73 Å². The van der Waals surface area contributed by atoms with Gasteiger partial charge in [-0.2, -0.15) is 0 Å². The van der Waals surface area contributed by atoms with E-state index in [0.717, 1.165) is 16.0 Å². The van der Waals surface area contributed by atoms with E-state index in [1.165, 1.54) is 6.92 Å². The van der Waals surface area contributed by atoms with Crippen LogP contribution >= 0.6 is 12.6 Å². The Morgan fingerprint density at radius 1 is 0.947 bits per heavy atom. The first kappa shape index (κ1) is 13.4. The number of Topliss-reactive ketones (excluding diaryl/α,β-unsaturated/α-hetero) is 1. The fraction of sp³-hybridized carbons (Fsp3) is 0.0625. The predicted molar refractivity (Wildman–Crippen MR) is 81.8 cm³/mol. The number of allylic oxidation sites excluding steroid dienone is 1. The molecule has 0 aliphatic heterocycles. The highest BCUT2D eigenvalue weighted by Crippen LogP contribution is 2.24. The third-order valence-corrected chi connectivity index (χ3v) is 3.16. The number of ketones is 1. The van der Waals surface area contributed by atoms with E-state index < -0.39 is 0 Å². The molecule has 0 spiro atoms. The minimum absolute atomic E-state index is 0.0479. The smallest absolute Gasteiger partial charge is 0.162 e. The number of nitrogens with two attached hydrogens (primary N) is 1. The van der Waals surface area contributed by atoms with Gasteiger partial charge in [-0.25, -0.2) is 0 Å². The topological polar surface area (TPSA) is 43.1 Å². The van der Waals surface area contributed by atoms with Crippen LogP contribution < -0.4 is 5.73 Å². The Morgan fingerprint density at radius 3 is 2.05 bits per heavy atom. The van der Waals surface area contributed by atoms with Gasteiger partial charge in [-0.05, 0) is 30.2 Å². The van der Waals surface area contributed by atoms with Crippen LogP contribution in [0.1, 0.15) is 18.1 Å². The summed E-state index contributed by atoms with van der Waals surface area (Å²) in [6.07, 6.45) is 0. The molecule has 2 aromatic carbocycles. The molecule has 0 radical (unpaired) electrons. The van der Waals surface area contributed by atoms with Gasteiger partial charge in [0.05, 0.1) is 5.70 Å². The fourth-order valence-corrected chi connectivity index (χ4v) is 2.09. The standard InChI is InChI=1S/C16H15NOS/c1-11(18)15(12-7-9-14(19)10-8-12)16(17)13-5-3-2-4-6-13/h2-10,19H,17H2,1H3. The van der Waals surface area contributed by atoms with E-state index in [2.05, 4.69) is 12.6 Å². The number of hydrogen-bond acceptors (Lipinski definition) is 3. The molecule has 2 N–H and O–H groups in total.